The maximum absolute atomic E-state index is 12.5. The second-order valence-electron chi connectivity index (χ2n) is 6.67. The Labute approximate surface area is 134 Å². The summed E-state index contributed by atoms with van der Waals surface area (Å²) in [5.41, 5.74) is 8.29. The van der Waals surface area contributed by atoms with Crippen molar-refractivity contribution in [1.82, 2.24) is 9.80 Å². The largest absolute Gasteiger partial charge is 0.340 e. The molecule has 1 heterocycles. The highest BCUT2D eigenvalue weighted by molar-refractivity contribution is 5.78. The van der Waals surface area contributed by atoms with Gasteiger partial charge in [-0.05, 0) is 49.4 Å². The Morgan fingerprint density at radius 2 is 2.14 bits per heavy atom. The Morgan fingerprint density at radius 1 is 1.41 bits per heavy atom. The molecule has 1 aliphatic heterocycles. The van der Waals surface area contributed by atoms with E-state index in [1.165, 1.54) is 11.1 Å². The van der Waals surface area contributed by atoms with Crippen molar-refractivity contribution >= 4 is 5.91 Å². The molecule has 0 saturated carbocycles. The molecule has 1 fully saturated rings. The zero-order valence-electron chi connectivity index (χ0n) is 14.1. The summed E-state index contributed by atoms with van der Waals surface area (Å²) >= 11 is 0. The van der Waals surface area contributed by atoms with Gasteiger partial charge in [-0.25, -0.2) is 0 Å². The fourth-order valence-electron chi connectivity index (χ4n) is 3.12. The third kappa shape index (κ3) is 4.31. The van der Waals surface area contributed by atoms with Crippen molar-refractivity contribution in [3.05, 3.63) is 35.4 Å². The average molecular weight is 303 g/mol. The van der Waals surface area contributed by atoms with Crippen LogP contribution in [0.5, 0.6) is 0 Å². The van der Waals surface area contributed by atoms with Crippen LogP contribution in [0.25, 0.3) is 0 Å². The van der Waals surface area contributed by atoms with Crippen LogP contribution in [-0.2, 0) is 11.3 Å². The number of carbonyl (C=O) groups is 1. The van der Waals surface area contributed by atoms with Crippen LogP contribution in [0.2, 0.25) is 0 Å². The topological polar surface area (TPSA) is 49.6 Å². The van der Waals surface area contributed by atoms with Crippen molar-refractivity contribution in [3.63, 3.8) is 0 Å². The first-order chi connectivity index (χ1) is 10.5. The van der Waals surface area contributed by atoms with Crippen LogP contribution in [0.4, 0.5) is 0 Å². The summed E-state index contributed by atoms with van der Waals surface area (Å²) in [7, 11) is 1.89. The number of hydrogen-bond donors (Lipinski definition) is 1. The molecule has 22 heavy (non-hydrogen) atoms. The van der Waals surface area contributed by atoms with Crippen molar-refractivity contribution < 1.29 is 4.79 Å². The molecule has 122 valence electrons. The Balaban J connectivity index is 1.88. The minimum absolute atomic E-state index is 0.188. The van der Waals surface area contributed by atoms with E-state index in [4.69, 9.17) is 5.73 Å². The SMILES string of the molecule is Cc1ccccc1CN(C)C(=O)CN1CCC(C)C(CN)C1. The summed E-state index contributed by atoms with van der Waals surface area (Å²) < 4.78 is 0. The standard InChI is InChI=1S/C18H29N3O/c1-14-6-4-5-7-16(14)11-20(3)18(22)13-21-9-8-15(2)17(10-19)12-21/h4-7,15,17H,8-13,19H2,1-3H3. The van der Waals surface area contributed by atoms with Gasteiger partial charge in [0.15, 0.2) is 0 Å². The molecule has 2 atom stereocenters. The minimum atomic E-state index is 0.188. The van der Waals surface area contributed by atoms with Crippen molar-refractivity contribution in [2.24, 2.45) is 17.6 Å². The van der Waals surface area contributed by atoms with E-state index in [0.717, 1.165) is 19.5 Å². The number of likely N-dealkylation sites (tertiary alicyclic amines) is 1. The predicted molar refractivity (Wildman–Crippen MR) is 90.4 cm³/mol. The van der Waals surface area contributed by atoms with Gasteiger partial charge in [-0.15, -0.1) is 0 Å². The molecule has 0 aliphatic carbocycles. The van der Waals surface area contributed by atoms with E-state index in [1.54, 1.807) is 0 Å². The summed E-state index contributed by atoms with van der Waals surface area (Å²) in [5, 5.41) is 0. The predicted octanol–water partition coefficient (Wildman–Crippen LogP) is 1.87. The van der Waals surface area contributed by atoms with Crippen molar-refractivity contribution in [1.29, 1.82) is 0 Å². The number of nitrogens with two attached hydrogens (primary N) is 1. The quantitative estimate of drug-likeness (QED) is 0.903. The lowest BCUT2D eigenvalue weighted by atomic mass is 9.87. The number of aryl methyl sites for hydroxylation is 1. The molecule has 1 aromatic carbocycles. The molecule has 4 nitrogen and oxygen atoms in total. The molecule has 0 bridgehead atoms. The van der Waals surface area contributed by atoms with E-state index in [9.17, 15) is 4.79 Å². The van der Waals surface area contributed by atoms with Gasteiger partial charge in [-0.2, -0.15) is 0 Å². The zero-order valence-corrected chi connectivity index (χ0v) is 14.1. The van der Waals surface area contributed by atoms with E-state index < -0.39 is 0 Å². The van der Waals surface area contributed by atoms with E-state index >= 15 is 0 Å². The molecule has 2 N–H and O–H groups in total. The Kier molecular flexibility index (Phi) is 5.98. The van der Waals surface area contributed by atoms with Gasteiger partial charge < -0.3 is 10.6 Å². The number of carbonyl (C=O) groups excluding carboxylic acids is 1. The summed E-state index contributed by atoms with van der Waals surface area (Å²) in [4.78, 5) is 16.5. The van der Waals surface area contributed by atoms with Gasteiger partial charge >= 0.3 is 0 Å². The molecule has 0 aromatic heterocycles. The van der Waals surface area contributed by atoms with Crippen LogP contribution in [-0.4, -0.2) is 48.9 Å². The van der Waals surface area contributed by atoms with Gasteiger partial charge in [-0.1, -0.05) is 31.2 Å². The van der Waals surface area contributed by atoms with Crippen LogP contribution in [0.15, 0.2) is 24.3 Å². The van der Waals surface area contributed by atoms with Crippen LogP contribution in [0, 0.1) is 18.8 Å². The summed E-state index contributed by atoms with van der Waals surface area (Å²) in [6.45, 7) is 8.20. The number of likely N-dealkylation sites (N-methyl/N-ethyl adjacent to an activating group) is 1. The number of hydrogen-bond acceptors (Lipinski definition) is 3. The third-order valence-electron chi connectivity index (χ3n) is 4.95. The molecule has 2 rings (SSSR count). The summed E-state index contributed by atoms with van der Waals surface area (Å²) in [5.74, 6) is 1.37. The third-order valence-corrected chi connectivity index (χ3v) is 4.95. The van der Waals surface area contributed by atoms with Gasteiger partial charge in [0, 0.05) is 20.1 Å². The molecule has 2 unspecified atom stereocenters. The molecule has 1 saturated heterocycles. The lowest BCUT2D eigenvalue weighted by Gasteiger charge is -2.36. The number of benzene rings is 1. The molecular formula is C18H29N3O. The first-order valence-electron chi connectivity index (χ1n) is 8.22. The van der Waals surface area contributed by atoms with E-state index in [1.807, 2.05) is 24.1 Å². The number of rotatable bonds is 5. The lowest BCUT2D eigenvalue weighted by molar-refractivity contribution is -0.132. The van der Waals surface area contributed by atoms with Crippen molar-refractivity contribution in [2.75, 3.05) is 33.2 Å². The van der Waals surface area contributed by atoms with Crippen molar-refractivity contribution in [2.45, 2.75) is 26.8 Å². The molecular weight excluding hydrogens is 274 g/mol. The van der Waals surface area contributed by atoms with Crippen LogP contribution in [0.3, 0.4) is 0 Å². The van der Waals surface area contributed by atoms with Crippen LogP contribution < -0.4 is 5.73 Å². The molecule has 1 amide bonds. The molecule has 1 aromatic rings. The molecule has 0 radical (unpaired) electrons. The molecule has 0 spiro atoms. The highest BCUT2D eigenvalue weighted by atomic mass is 16.2. The molecule has 1 aliphatic rings. The minimum Gasteiger partial charge on any atom is -0.340 e. The van der Waals surface area contributed by atoms with Crippen LogP contribution >= 0.6 is 0 Å². The monoisotopic (exact) mass is 303 g/mol. The van der Waals surface area contributed by atoms with Gasteiger partial charge in [0.25, 0.3) is 0 Å². The lowest BCUT2D eigenvalue weighted by Crippen LogP contribution is -2.46. The molecule has 4 heteroatoms. The second-order valence-corrected chi connectivity index (χ2v) is 6.67. The highest BCUT2D eigenvalue weighted by Crippen LogP contribution is 2.22. The van der Waals surface area contributed by atoms with Gasteiger partial charge in [0.05, 0.1) is 6.54 Å². The smallest absolute Gasteiger partial charge is 0.236 e. The second kappa shape index (κ2) is 7.75. The number of nitrogens with zero attached hydrogens (tertiary/aromatic N) is 2. The van der Waals surface area contributed by atoms with E-state index in [-0.39, 0.29) is 5.91 Å². The van der Waals surface area contributed by atoms with Gasteiger partial charge in [-0.3, -0.25) is 9.69 Å². The van der Waals surface area contributed by atoms with E-state index in [2.05, 4.69) is 30.9 Å². The van der Waals surface area contributed by atoms with Crippen molar-refractivity contribution in [3.8, 4) is 0 Å². The first-order valence-corrected chi connectivity index (χ1v) is 8.22. The fraction of sp³-hybridized carbons (Fsp3) is 0.611. The average Bonchev–Trinajstić information content (AvgIpc) is 2.51. The van der Waals surface area contributed by atoms with Gasteiger partial charge in [0.1, 0.15) is 0 Å². The Morgan fingerprint density at radius 3 is 2.82 bits per heavy atom. The maximum Gasteiger partial charge on any atom is 0.236 e. The fourth-order valence-corrected chi connectivity index (χ4v) is 3.12. The van der Waals surface area contributed by atoms with E-state index in [0.29, 0.717) is 31.5 Å². The zero-order chi connectivity index (χ0) is 16.1. The highest BCUT2D eigenvalue weighted by Gasteiger charge is 2.26. The Bertz CT molecular complexity index is 503. The first kappa shape index (κ1) is 17.0. The number of piperidine rings is 1. The Hall–Kier alpha value is -1.39. The summed E-state index contributed by atoms with van der Waals surface area (Å²) in [6.07, 6.45) is 1.14. The summed E-state index contributed by atoms with van der Waals surface area (Å²) in [6, 6.07) is 8.23. The normalized spacial score (nSPS) is 22.5. The number of amides is 1. The maximum atomic E-state index is 12.5. The van der Waals surface area contributed by atoms with Crippen LogP contribution in [0.1, 0.15) is 24.5 Å². The van der Waals surface area contributed by atoms with Gasteiger partial charge in [0.2, 0.25) is 5.91 Å².